The second-order valence-corrected chi connectivity index (χ2v) is 14.7. The highest BCUT2D eigenvalue weighted by Gasteiger charge is 2.17. The Hall–Kier alpha value is -7.95. The molecule has 10 rings (SSSR count). The molecule has 10 aromatic rings. The molecular weight excluding hydrogens is 745 g/mol. The molecule has 8 aromatic carbocycles. The van der Waals surface area contributed by atoms with Gasteiger partial charge in [0.05, 0.1) is 0 Å². The summed E-state index contributed by atoms with van der Waals surface area (Å²) in [5, 5.41) is 13.7. The third kappa shape index (κ3) is 7.59. The van der Waals surface area contributed by atoms with Crippen LogP contribution in [0.2, 0.25) is 0 Å². The predicted molar refractivity (Wildman–Crippen MR) is 264 cm³/mol. The van der Waals surface area contributed by atoms with E-state index in [4.69, 9.17) is 20.0 Å². The minimum Gasteiger partial charge on any atom is -0.456 e. The van der Waals surface area contributed by atoms with Gasteiger partial charge in [0.25, 0.3) is 0 Å². The Morgan fingerprint density at radius 2 is 1.15 bits per heavy atom. The van der Waals surface area contributed by atoms with Crippen LogP contribution < -0.4 is 5.73 Å². The number of allylic oxidation sites excluding steroid dienone is 1. The van der Waals surface area contributed by atoms with Crippen molar-refractivity contribution in [2.24, 2.45) is 0 Å². The van der Waals surface area contributed by atoms with E-state index in [0.717, 1.165) is 73.0 Å². The molecule has 0 aliphatic carbocycles. The number of rotatable bonds is 8. The lowest BCUT2D eigenvalue weighted by Gasteiger charge is -2.14. The third-order valence-corrected chi connectivity index (χ3v) is 11.1. The Bertz CT molecular complexity index is 3290. The van der Waals surface area contributed by atoms with Crippen LogP contribution in [0.15, 0.2) is 186 Å². The molecule has 296 valence electrons. The highest BCUT2D eigenvalue weighted by molar-refractivity contribution is 6.16. The summed E-state index contributed by atoms with van der Waals surface area (Å²) in [4.78, 5) is 0. The van der Waals surface area contributed by atoms with Gasteiger partial charge in [-0.3, -0.25) is 0 Å². The van der Waals surface area contributed by atoms with E-state index in [1.165, 1.54) is 49.4 Å². The van der Waals surface area contributed by atoms with Crippen molar-refractivity contribution in [3.63, 3.8) is 0 Å². The molecular formula is C57H46N2O2. The molecule has 0 spiro atoms. The molecule has 0 saturated carbocycles. The zero-order valence-electron chi connectivity index (χ0n) is 34.2. The van der Waals surface area contributed by atoms with Gasteiger partial charge in [-0.05, 0) is 141 Å². The topological polar surface area (TPSA) is 76.2 Å². The van der Waals surface area contributed by atoms with Crippen molar-refractivity contribution in [2.45, 2.75) is 13.3 Å². The van der Waals surface area contributed by atoms with Gasteiger partial charge in [-0.25, -0.2) is 0 Å². The highest BCUT2D eigenvalue weighted by atomic mass is 16.3. The Balaban J connectivity index is 0.000000515. The first-order valence-corrected chi connectivity index (χ1v) is 20.2. The lowest BCUT2D eigenvalue weighted by atomic mass is 9.89. The number of benzene rings is 8. The number of hydrogen-bond acceptors (Lipinski definition) is 4. The minimum atomic E-state index is 0.752. The van der Waals surface area contributed by atoms with Crippen LogP contribution in [-0.4, -0.2) is 6.72 Å². The van der Waals surface area contributed by atoms with Crippen molar-refractivity contribution in [1.82, 2.24) is 0 Å². The van der Waals surface area contributed by atoms with Crippen LogP contribution in [-0.2, 0) is 6.42 Å². The van der Waals surface area contributed by atoms with Gasteiger partial charge in [-0.15, -0.1) is 0 Å². The second kappa shape index (κ2) is 17.5. The Morgan fingerprint density at radius 3 is 1.87 bits per heavy atom. The maximum atomic E-state index is 6.46. The molecule has 0 fully saturated rings. The fourth-order valence-electron chi connectivity index (χ4n) is 8.43. The monoisotopic (exact) mass is 790 g/mol. The molecule has 0 radical (unpaired) electrons. The lowest BCUT2D eigenvalue weighted by Crippen LogP contribution is -1.90. The summed E-state index contributed by atoms with van der Waals surface area (Å²) in [6.07, 6.45) is 10.7. The number of anilines is 1. The molecule has 61 heavy (non-hydrogen) atoms. The maximum Gasteiger partial charge on any atom is 0.136 e. The van der Waals surface area contributed by atoms with Crippen molar-refractivity contribution < 1.29 is 8.83 Å². The average Bonchev–Trinajstić information content (AvgIpc) is 3.87. The van der Waals surface area contributed by atoms with Crippen LogP contribution in [0.3, 0.4) is 0 Å². The smallest absolute Gasteiger partial charge is 0.136 e. The molecule has 4 nitrogen and oxygen atoms in total. The van der Waals surface area contributed by atoms with Crippen LogP contribution in [0.25, 0.3) is 101 Å². The summed E-state index contributed by atoms with van der Waals surface area (Å²) in [5.74, 6) is 0.752. The maximum absolute atomic E-state index is 6.46. The van der Waals surface area contributed by atoms with Crippen LogP contribution in [0, 0.1) is 5.41 Å². The quantitative estimate of drug-likeness (QED) is 0.0914. The van der Waals surface area contributed by atoms with E-state index in [1.807, 2.05) is 48.6 Å². The van der Waals surface area contributed by atoms with Gasteiger partial charge in [0.2, 0.25) is 0 Å². The molecule has 0 bridgehead atoms. The van der Waals surface area contributed by atoms with Gasteiger partial charge < -0.3 is 20.0 Å². The van der Waals surface area contributed by atoms with Gasteiger partial charge in [-0.2, -0.15) is 0 Å². The van der Waals surface area contributed by atoms with Gasteiger partial charge >= 0.3 is 0 Å². The second-order valence-electron chi connectivity index (χ2n) is 14.7. The first kappa shape index (κ1) is 39.9. The summed E-state index contributed by atoms with van der Waals surface area (Å²) in [6.45, 7) is 16.6. The standard InChI is InChI=1S/C50H36O2.C6H7N.CH3N/c1-5-13-39-36(6-2)40-16-9-10-17-41(40)43-29-33(21-23-42(39)43)34-22-25-48-45(30-34)50-38(18-12-19-49(50)52-48)35-15-11-14-31(27-35)26-32-20-24-47-44(28-32)37(7-3)46(8-4)51-47;7-6-4-2-1-3-5-6;1-2/h5-25,27-30H,2-4,26H2,1H3;1-5H,7H2;2H,1H2/b13-5-;;. The average molecular weight is 791 g/mol. The highest BCUT2D eigenvalue weighted by Crippen LogP contribution is 2.41. The zero-order chi connectivity index (χ0) is 42.5. The summed E-state index contributed by atoms with van der Waals surface area (Å²) in [7, 11) is 0. The number of nitrogen functional groups attached to an aromatic ring is 1. The Labute approximate surface area is 356 Å². The first-order valence-electron chi connectivity index (χ1n) is 20.2. The zero-order valence-corrected chi connectivity index (χ0v) is 34.2. The molecule has 0 aliphatic heterocycles. The van der Waals surface area contributed by atoms with Crippen LogP contribution in [0.5, 0.6) is 0 Å². The van der Waals surface area contributed by atoms with Crippen molar-refractivity contribution in [3.05, 3.63) is 211 Å². The molecule has 0 aliphatic rings. The van der Waals surface area contributed by atoms with E-state index in [2.05, 4.69) is 161 Å². The van der Waals surface area contributed by atoms with E-state index in [9.17, 15) is 0 Å². The number of furan rings is 2. The number of para-hydroxylation sites is 1. The van der Waals surface area contributed by atoms with E-state index >= 15 is 0 Å². The summed E-state index contributed by atoms with van der Waals surface area (Å²) >= 11 is 0. The summed E-state index contributed by atoms with van der Waals surface area (Å²) in [6, 6.07) is 53.1. The largest absolute Gasteiger partial charge is 0.456 e. The number of fused-ring (bicyclic) bond motifs is 7. The lowest BCUT2D eigenvalue weighted by molar-refractivity contribution is 0.603. The molecule has 2 heterocycles. The van der Waals surface area contributed by atoms with Gasteiger partial charge in [-0.1, -0.05) is 147 Å². The normalized spacial score (nSPS) is 11.1. The first-order chi connectivity index (χ1) is 30.0. The molecule has 2 aromatic heterocycles. The van der Waals surface area contributed by atoms with Gasteiger partial charge in [0, 0.05) is 27.4 Å². The van der Waals surface area contributed by atoms with Crippen molar-refractivity contribution in [3.8, 4) is 22.3 Å². The number of nitrogens with two attached hydrogens (primary N) is 1. The molecule has 3 N–H and O–H groups in total. The molecule has 0 amide bonds. The predicted octanol–water partition coefficient (Wildman–Crippen LogP) is 16.1. The van der Waals surface area contributed by atoms with E-state index in [1.54, 1.807) is 6.08 Å². The van der Waals surface area contributed by atoms with Crippen molar-refractivity contribution >= 4 is 91.2 Å². The van der Waals surface area contributed by atoms with E-state index < -0.39 is 0 Å². The fraction of sp³-hybridized carbons (Fsp3) is 0.0351. The fourth-order valence-corrected chi connectivity index (χ4v) is 8.43. The molecule has 0 unspecified atom stereocenters. The van der Waals surface area contributed by atoms with Gasteiger partial charge in [0.15, 0.2) is 0 Å². The summed E-state index contributed by atoms with van der Waals surface area (Å²) < 4.78 is 12.4. The number of hydrogen-bond donors (Lipinski definition) is 2. The third-order valence-electron chi connectivity index (χ3n) is 11.1. The summed E-state index contributed by atoms with van der Waals surface area (Å²) in [5.41, 5.74) is 19.2. The molecule has 4 heteroatoms. The van der Waals surface area contributed by atoms with Crippen LogP contribution in [0.4, 0.5) is 5.69 Å². The Kier molecular flexibility index (Phi) is 11.4. The van der Waals surface area contributed by atoms with Crippen molar-refractivity contribution in [2.75, 3.05) is 5.73 Å². The van der Waals surface area contributed by atoms with E-state index in [0.29, 0.717) is 0 Å². The van der Waals surface area contributed by atoms with E-state index in [-0.39, 0.29) is 0 Å². The van der Waals surface area contributed by atoms with Crippen LogP contribution in [0.1, 0.15) is 40.5 Å². The number of nitrogens with one attached hydrogen (secondary N) is 1. The van der Waals surface area contributed by atoms with Crippen molar-refractivity contribution in [1.29, 1.82) is 5.41 Å². The Morgan fingerprint density at radius 1 is 0.492 bits per heavy atom. The minimum absolute atomic E-state index is 0.752. The SMILES string of the molecule is C=Cc1oc2ccc(Cc3cccc(-c4cccc5oc6ccc(-c7ccc8c(/C=C\C)c(C=C)c9ccccc9c8c7)cc6c45)c3)cc2c1C=C.C=N.Nc1ccccc1. The van der Waals surface area contributed by atoms with Crippen LogP contribution >= 0.6 is 0 Å². The molecule has 0 saturated heterocycles. The molecule has 0 atom stereocenters. The van der Waals surface area contributed by atoms with Gasteiger partial charge in [0.1, 0.15) is 22.5 Å².